The molecule has 0 saturated heterocycles. The zero-order valence-electron chi connectivity index (χ0n) is 6.89. The second-order valence-electron chi connectivity index (χ2n) is 2.92. The monoisotopic (exact) mass is 194 g/mol. The largest absolute Gasteiger partial charge is 0.272 e. The molecule has 0 heterocycles. The lowest BCUT2D eigenvalue weighted by molar-refractivity contribution is 0.00410. The van der Waals surface area contributed by atoms with Crippen molar-refractivity contribution in [1.82, 2.24) is 0 Å². The molecule has 0 aliphatic heterocycles. The molecule has 4 heteroatoms. The van der Waals surface area contributed by atoms with Crippen molar-refractivity contribution >= 4 is 0 Å². The van der Waals surface area contributed by atoms with Crippen LogP contribution in [0, 0.1) is 0 Å². The summed E-state index contributed by atoms with van der Waals surface area (Å²) in [5.74, 6) is 0. The van der Waals surface area contributed by atoms with Gasteiger partial charge in [-0.15, -0.1) is 0 Å². The van der Waals surface area contributed by atoms with Gasteiger partial charge in [0.25, 0.3) is 6.43 Å². The van der Waals surface area contributed by atoms with Crippen LogP contribution in [0.15, 0.2) is 23.8 Å². The molecule has 0 saturated carbocycles. The summed E-state index contributed by atoms with van der Waals surface area (Å²) in [7, 11) is 0. The molecule has 1 aliphatic carbocycles. The van der Waals surface area contributed by atoms with E-state index < -0.39 is 18.8 Å². The third-order valence-electron chi connectivity index (χ3n) is 1.86. The molecule has 0 N–H and O–H groups in total. The molecule has 0 bridgehead atoms. The smallest absolute Gasteiger partial charge is 0.244 e. The summed E-state index contributed by atoms with van der Waals surface area (Å²) in [5.41, 5.74) is 0.593. The number of allylic oxidation sites excluding steroid dienone is 4. The van der Waals surface area contributed by atoms with Gasteiger partial charge in [0.1, 0.15) is 6.17 Å². The minimum atomic E-state index is -3.24. The second kappa shape index (κ2) is 4.44. The normalized spacial score (nSPS) is 20.5. The van der Waals surface area contributed by atoms with Gasteiger partial charge in [-0.1, -0.05) is 18.2 Å². The summed E-state index contributed by atoms with van der Waals surface area (Å²) in [6.07, 6.45) is -2.49. The van der Waals surface area contributed by atoms with Crippen LogP contribution in [-0.4, -0.2) is 18.8 Å². The number of hydrogen-bond acceptors (Lipinski definition) is 0. The highest BCUT2D eigenvalue weighted by Gasteiger charge is 2.29. The number of alkyl halides is 4. The zero-order chi connectivity index (χ0) is 9.84. The van der Waals surface area contributed by atoms with Gasteiger partial charge in [0.2, 0.25) is 0 Å². The third kappa shape index (κ3) is 2.86. The lowest BCUT2D eigenvalue weighted by Crippen LogP contribution is -2.25. The molecule has 0 spiro atoms. The van der Waals surface area contributed by atoms with Gasteiger partial charge in [0.15, 0.2) is 6.17 Å². The standard InChI is InChI=1S/C9H10F4/c10-7(8(11)9(12)13)5-6-3-1-2-4-6/h1,3-4,7-9H,2,5H2. The maximum Gasteiger partial charge on any atom is 0.272 e. The summed E-state index contributed by atoms with van der Waals surface area (Å²) >= 11 is 0. The third-order valence-corrected chi connectivity index (χ3v) is 1.86. The van der Waals surface area contributed by atoms with Crippen LogP contribution in [0.4, 0.5) is 17.6 Å². The van der Waals surface area contributed by atoms with Crippen LogP contribution in [0.2, 0.25) is 0 Å². The molecule has 0 aromatic heterocycles. The van der Waals surface area contributed by atoms with Crippen molar-refractivity contribution in [2.45, 2.75) is 31.6 Å². The quantitative estimate of drug-likeness (QED) is 0.603. The van der Waals surface area contributed by atoms with Crippen molar-refractivity contribution in [2.75, 3.05) is 0 Å². The zero-order valence-corrected chi connectivity index (χ0v) is 6.89. The fourth-order valence-electron chi connectivity index (χ4n) is 1.15. The summed E-state index contributed by atoms with van der Waals surface area (Å²) in [6, 6.07) is 0. The predicted molar refractivity (Wildman–Crippen MR) is 42.3 cm³/mol. The van der Waals surface area contributed by atoms with Crippen molar-refractivity contribution < 1.29 is 17.6 Å². The summed E-state index contributed by atoms with van der Waals surface area (Å²) < 4.78 is 48.6. The van der Waals surface area contributed by atoms with E-state index in [9.17, 15) is 17.6 Å². The SMILES string of the molecule is FC(F)C(F)C(F)CC1=CCC=C1. The predicted octanol–water partition coefficient (Wildman–Crippen LogP) is 3.20. The van der Waals surface area contributed by atoms with E-state index in [1.807, 2.05) is 0 Å². The Kier molecular flexibility index (Phi) is 3.51. The van der Waals surface area contributed by atoms with Gasteiger partial charge in [-0.25, -0.2) is 17.6 Å². The molecule has 13 heavy (non-hydrogen) atoms. The van der Waals surface area contributed by atoms with E-state index in [-0.39, 0.29) is 6.42 Å². The van der Waals surface area contributed by atoms with E-state index in [0.29, 0.717) is 12.0 Å². The Balaban J connectivity index is 2.40. The summed E-state index contributed by atoms with van der Waals surface area (Å²) in [4.78, 5) is 0. The van der Waals surface area contributed by atoms with Gasteiger partial charge in [0.05, 0.1) is 0 Å². The number of rotatable bonds is 4. The Hall–Kier alpha value is -0.800. The van der Waals surface area contributed by atoms with E-state index in [1.54, 1.807) is 18.2 Å². The van der Waals surface area contributed by atoms with Crippen LogP contribution in [-0.2, 0) is 0 Å². The minimum absolute atomic E-state index is 0.262. The molecule has 0 aromatic carbocycles. The Morgan fingerprint density at radius 1 is 1.23 bits per heavy atom. The van der Waals surface area contributed by atoms with Crippen molar-refractivity contribution in [2.24, 2.45) is 0 Å². The molecule has 2 atom stereocenters. The first kappa shape index (κ1) is 10.3. The van der Waals surface area contributed by atoms with Crippen molar-refractivity contribution in [1.29, 1.82) is 0 Å². The maximum atomic E-state index is 12.8. The average molecular weight is 194 g/mol. The molecular weight excluding hydrogens is 184 g/mol. The molecule has 1 rings (SSSR count). The fraction of sp³-hybridized carbons (Fsp3) is 0.556. The van der Waals surface area contributed by atoms with Gasteiger partial charge in [-0.05, 0) is 12.0 Å². The second-order valence-corrected chi connectivity index (χ2v) is 2.92. The van der Waals surface area contributed by atoms with Crippen molar-refractivity contribution in [3.05, 3.63) is 23.8 Å². The summed E-state index contributed by atoms with van der Waals surface area (Å²) in [6.45, 7) is 0. The van der Waals surface area contributed by atoms with Gasteiger partial charge in [0, 0.05) is 6.42 Å². The van der Waals surface area contributed by atoms with E-state index in [0.717, 1.165) is 0 Å². The van der Waals surface area contributed by atoms with E-state index >= 15 is 0 Å². The lowest BCUT2D eigenvalue weighted by Gasteiger charge is -2.12. The highest BCUT2D eigenvalue weighted by molar-refractivity contribution is 5.26. The van der Waals surface area contributed by atoms with E-state index in [4.69, 9.17) is 0 Å². The molecule has 74 valence electrons. The minimum Gasteiger partial charge on any atom is -0.244 e. The lowest BCUT2D eigenvalue weighted by atomic mass is 10.1. The first-order chi connectivity index (χ1) is 6.11. The first-order valence-corrected chi connectivity index (χ1v) is 4.03. The number of halogens is 4. The molecule has 0 amide bonds. The highest BCUT2D eigenvalue weighted by Crippen LogP contribution is 2.22. The summed E-state index contributed by atoms with van der Waals surface area (Å²) in [5, 5.41) is 0. The van der Waals surface area contributed by atoms with Crippen LogP contribution in [0.1, 0.15) is 12.8 Å². The Morgan fingerprint density at radius 3 is 2.38 bits per heavy atom. The molecule has 0 radical (unpaired) electrons. The topological polar surface area (TPSA) is 0 Å². The van der Waals surface area contributed by atoms with Crippen LogP contribution in [0.3, 0.4) is 0 Å². The van der Waals surface area contributed by atoms with Crippen LogP contribution in [0.25, 0.3) is 0 Å². The van der Waals surface area contributed by atoms with Crippen molar-refractivity contribution in [3.63, 3.8) is 0 Å². The van der Waals surface area contributed by atoms with Crippen LogP contribution >= 0.6 is 0 Å². The Morgan fingerprint density at radius 2 is 1.92 bits per heavy atom. The van der Waals surface area contributed by atoms with Gasteiger partial charge >= 0.3 is 0 Å². The van der Waals surface area contributed by atoms with Gasteiger partial charge in [-0.2, -0.15) is 0 Å². The van der Waals surface area contributed by atoms with E-state index in [1.165, 1.54) is 0 Å². The van der Waals surface area contributed by atoms with Gasteiger partial charge < -0.3 is 0 Å². The Labute approximate surface area is 73.9 Å². The first-order valence-electron chi connectivity index (χ1n) is 4.03. The molecule has 1 aliphatic rings. The highest BCUT2D eigenvalue weighted by atomic mass is 19.3. The van der Waals surface area contributed by atoms with Gasteiger partial charge in [-0.3, -0.25) is 0 Å². The van der Waals surface area contributed by atoms with E-state index in [2.05, 4.69) is 0 Å². The van der Waals surface area contributed by atoms with Crippen molar-refractivity contribution in [3.8, 4) is 0 Å². The average Bonchev–Trinajstić information content (AvgIpc) is 2.55. The van der Waals surface area contributed by atoms with Crippen LogP contribution in [0.5, 0.6) is 0 Å². The van der Waals surface area contributed by atoms with Crippen LogP contribution < -0.4 is 0 Å². The molecule has 2 unspecified atom stereocenters. The molecular formula is C9H10F4. The molecule has 0 aromatic rings. The number of hydrogen-bond donors (Lipinski definition) is 0. The Bertz CT molecular complexity index is 220. The molecule has 0 nitrogen and oxygen atoms in total. The molecule has 0 fully saturated rings. The fourth-order valence-corrected chi connectivity index (χ4v) is 1.15. The maximum absolute atomic E-state index is 12.8.